The number of ether oxygens (including phenoxy) is 1. The highest BCUT2D eigenvalue weighted by Gasteiger charge is 2.40. The molecule has 0 bridgehead atoms. The van der Waals surface area contributed by atoms with Crippen molar-refractivity contribution in [1.82, 2.24) is 0 Å². The van der Waals surface area contributed by atoms with Gasteiger partial charge in [0.05, 0.1) is 6.61 Å². The van der Waals surface area contributed by atoms with E-state index in [9.17, 15) is 13.2 Å². The molecule has 2 atom stereocenters. The van der Waals surface area contributed by atoms with Crippen molar-refractivity contribution in [2.45, 2.75) is 32.1 Å². The monoisotopic (exact) mass is 444 g/mol. The maximum atomic E-state index is 15.4. The number of hydrogen-bond donors (Lipinski definition) is 0. The second kappa shape index (κ2) is 8.77. The zero-order valence-electron chi connectivity index (χ0n) is 17.4. The van der Waals surface area contributed by atoms with E-state index in [1.807, 2.05) is 0 Å². The van der Waals surface area contributed by atoms with Crippen LogP contribution in [0, 0.1) is 17.5 Å². The Labute approximate surface area is 183 Å². The van der Waals surface area contributed by atoms with Crippen LogP contribution in [-0.2, 0) is 6.42 Å². The first-order valence-electron chi connectivity index (χ1n) is 10.3. The average molecular weight is 444 g/mol. The SMILES string of the molecule is C=CCCc1ccc(-c2ccc3c(c2F)C(F)C(F)c2c-3ccc(OCC)c2F)c(F)c1. The number of allylic oxidation sites excluding steroid dienone is 1. The fourth-order valence-electron chi connectivity index (χ4n) is 4.14. The van der Waals surface area contributed by atoms with Gasteiger partial charge < -0.3 is 4.74 Å². The Balaban J connectivity index is 1.84. The van der Waals surface area contributed by atoms with Gasteiger partial charge in [0.2, 0.25) is 0 Å². The Morgan fingerprint density at radius 2 is 1.44 bits per heavy atom. The lowest BCUT2D eigenvalue weighted by Crippen LogP contribution is -2.16. The predicted octanol–water partition coefficient (Wildman–Crippen LogP) is 7.99. The number of aryl methyl sites for hydroxylation is 1. The summed E-state index contributed by atoms with van der Waals surface area (Å²) in [6.07, 6.45) is -1.92. The van der Waals surface area contributed by atoms with Crippen molar-refractivity contribution in [2.75, 3.05) is 6.61 Å². The molecule has 32 heavy (non-hydrogen) atoms. The Bertz CT molecular complexity index is 1190. The summed E-state index contributed by atoms with van der Waals surface area (Å²) in [5.41, 5.74) is -0.478. The number of benzene rings is 3. The third kappa shape index (κ3) is 3.57. The lowest BCUT2D eigenvalue weighted by Gasteiger charge is -2.28. The fraction of sp³-hybridized carbons (Fsp3) is 0.231. The number of hydrogen-bond acceptors (Lipinski definition) is 1. The number of rotatable bonds is 6. The summed E-state index contributed by atoms with van der Waals surface area (Å²) in [5.74, 6) is -2.92. The van der Waals surface area contributed by atoms with Gasteiger partial charge in [-0.3, -0.25) is 0 Å². The Morgan fingerprint density at radius 1 is 0.844 bits per heavy atom. The lowest BCUT2D eigenvalue weighted by molar-refractivity contribution is 0.159. The van der Waals surface area contributed by atoms with Crippen molar-refractivity contribution in [2.24, 2.45) is 0 Å². The van der Waals surface area contributed by atoms with E-state index in [1.54, 1.807) is 19.1 Å². The van der Waals surface area contributed by atoms with Crippen LogP contribution in [-0.4, -0.2) is 6.61 Å². The molecule has 0 heterocycles. The molecule has 1 aliphatic carbocycles. The Morgan fingerprint density at radius 3 is 2.06 bits per heavy atom. The van der Waals surface area contributed by atoms with Crippen LogP contribution in [0.25, 0.3) is 22.3 Å². The van der Waals surface area contributed by atoms with Crippen LogP contribution in [0.15, 0.2) is 55.1 Å². The van der Waals surface area contributed by atoms with Gasteiger partial charge in [0.25, 0.3) is 0 Å². The molecular weight excluding hydrogens is 423 g/mol. The molecule has 4 rings (SSSR count). The lowest BCUT2D eigenvalue weighted by atomic mass is 9.81. The van der Waals surface area contributed by atoms with Crippen LogP contribution in [0.3, 0.4) is 0 Å². The zero-order valence-corrected chi connectivity index (χ0v) is 17.4. The average Bonchev–Trinajstić information content (AvgIpc) is 2.78. The maximum Gasteiger partial charge on any atom is 0.171 e. The van der Waals surface area contributed by atoms with Crippen LogP contribution in [0.4, 0.5) is 22.0 Å². The van der Waals surface area contributed by atoms with Gasteiger partial charge in [0.1, 0.15) is 11.6 Å². The van der Waals surface area contributed by atoms with Crippen LogP contribution in [0.5, 0.6) is 5.75 Å². The molecule has 3 aromatic rings. The highest BCUT2D eigenvalue weighted by Crippen LogP contribution is 2.52. The van der Waals surface area contributed by atoms with E-state index in [1.165, 1.54) is 36.4 Å². The van der Waals surface area contributed by atoms with Gasteiger partial charge >= 0.3 is 0 Å². The normalized spacial score (nSPS) is 16.9. The summed E-state index contributed by atoms with van der Waals surface area (Å²) in [7, 11) is 0. The molecule has 0 radical (unpaired) electrons. The molecule has 1 nitrogen and oxygen atoms in total. The number of alkyl halides is 2. The summed E-state index contributed by atoms with van der Waals surface area (Å²) >= 11 is 0. The Hall–Kier alpha value is -3.15. The third-order valence-corrected chi connectivity index (χ3v) is 5.68. The molecule has 6 heteroatoms. The molecule has 0 spiro atoms. The van der Waals surface area contributed by atoms with Gasteiger partial charge in [0.15, 0.2) is 23.9 Å². The minimum absolute atomic E-state index is 0.0348. The second-order valence-corrected chi connectivity index (χ2v) is 7.61. The van der Waals surface area contributed by atoms with E-state index >= 15 is 8.78 Å². The van der Waals surface area contributed by atoms with Gasteiger partial charge in [-0.15, -0.1) is 6.58 Å². The first-order chi connectivity index (χ1) is 15.4. The maximum absolute atomic E-state index is 15.4. The first kappa shape index (κ1) is 22.1. The van der Waals surface area contributed by atoms with Crippen LogP contribution >= 0.6 is 0 Å². The standard InChI is InChI=1S/C26H21F5O/c1-3-5-6-14-7-8-15(19(27)13-14)18-10-9-16-17-11-12-20(32-4-2)24(29)22(17)26(31)25(30)21(16)23(18)28/h3,7-13,25-26H,1,4-6H2,2H3. The molecule has 1 aliphatic rings. The van der Waals surface area contributed by atoms with Crippen molar-refractivity contribution in [3.8, 4) is 28.0 Å². The summed E-state index contributed by atoms with van der Waals surface area (Å²) in [6, 6.07) is 9.74. The van der Waals surface area contributed by atoms with Crippen LogP contribution in [0.2, 0.25) is 0 Å². The van der Waals surface area contributed by atoms with Gasteiger partial charge in [-0.2, -0.15) is 0 Å². The summed E-state index contributed by atoms with van der Waals surface area (Å²) in [4.78, 5) is 0. The van der Waals surface area contributed by atoms with Gasteiger partial charge in [-0.05, 0) is 48.6 Å². The van der Waals surface area contributed by atoms with E-state index in [-0.39, 0.29) is 34.6 Å². The van der Waals surface area contributed by atoms with Crippen molar-refractivity contribution in [3.05, 3.63) is 89.3 Å². The van der Waals surface area contributed by atoms with Crippen molar-refractivity contribution in [1.29, 1.82) is 0 Å². The molecule has 0 saturated carbocycles. The molecule has 2 unspecified atom stereocenters. The van der Waals surface area contributed by atoms with Gasteiger partial charge in [-0.25, -0.2) is 22.0 Å². The molecule has 0 aromatic heterocycles. The molecular formula is C26H21F5O. The summed E-state index contributed by atoms with van der Waals surface area (Å²) in [5, 5.41) is 0. The molecule has 0 saturated heterocycles. The highest BCUT2D eigenvalue weighted by molar-refractivity contribution is 5.80. The molecule has 0 fully saturated rings. The van der Waals surface area contributed by atoms with Crippen molar-refractivity contribution < 1.29 is 26.7 Å². The molecule has 0 amide bonds. The van der Waals surface area contributed by atoms with E-state index in [4.69, 9.17) is 4.74 Å². The topological polar surface area (TPSA) is 9.23 Å². The summed E-state index contributed by atoms with van der Waals surface area (Å²) in [6.45, 7) is 5.42. The Kier molecular flexibility index (Phi) is 6.04. The van der Waals surface area contributed by atoms with E-state index in [2.05, 4.69) is 6.58 Å². The highest BCUT2D eigenvalue weighted by atomic mass is 19.2. The van der Waals surface area contributed by atoms with E-state index < -0.39 is 40.9 Å². The third-order valence-electron chi connectivity index (χ3n) is 5.68. The van der Waals surface area contributed by atoms with E-state index in [0.29, 0.717) is 18.4 Å². The van der Waals surface area contributed by atoms with Crippen molar-refractivity contribution >= 4 is 0 Å². The van der Waals surface area contributed by atoms with Gasteiger partial charge in [0, 0.05) is 22.3 Å². The molecule has 166 valence electrons. The van der Waals surface area contributed by atoms with Crippen molar-refractivity contribution in [3.63, 3.8) is 0 Å². The molecule has 3 aromatic carbocycles. The summed E-state index contributed by atoms with van der Waals surface area (Å²) < 4.78 is 80.2. The smallest absolute Gasteiger partial charge is 0.171 e. The fourth-order valence-corrected chi connectivity index (χ4v) is 4.14. The largest absolute Gasteiger partial charge is 0.491 e. The minimum atomic E-state index is -2.45. The molecule has 0 aliphatic heterocycles. The second-order valence-electron chi connectivity index (χ2n) is 7.61. The van der Waals surface area contributed by atoms with Crippen LogP contribution in [0.1, 0.15) is 42.4 Å². The molecule has 0 N–H and O–H groups in total. The quantitative estimate of drug-likeness (QED) is 0.277. The predicted molar refractivity (Wildman–Crippen MR) is 115 cm³/mol. The zero-order chi connectivity index (χ0) is 23.0. The first-order valence-corrected chi connectivity index (χ1v) is 10.3. The van der Waals surface area contributed by atoms with E-state index in [0.717, 1.165) is 0 Å². The van der Waals surface area contributed by atoms with Gasteiger partial charge in [-0.1, -0.05) is 36.4 Å². The number of fused-ring (bicyclic) bond motifs is 3. The number of halogens is 5. The van der Waals surface area contributed by atoms with Crippen LogP contribution < -0.4 is 4.74 Å². The minimum Gasteiger partial charge on any atom is -0.491 e.